The Morgan fingerprint density at radius 1 is 1.03 bits per heavy atom. The number of hydrogen-bond acceptors (Lipinski definition) is 5. The van der Waals surface area contributed by atoms with Crippen LogP contribution in [-0.2, 0) is 21.0 Å². The molecule has 2 aromatic carbocycles. The highest BCUT2D eigenvalue weighted by Gasteiger charge is 2.34. The predicted molar refractivity (Wildman–Crippen MR) is 113 cm³/mol. The first-order valence-electron chi connectivity index (χ1n) is 9.89. The molecule has 3 rings (SSSR count). The molecule has 7 nitrogen and oxygen atoms in total. The topological polar surface area (TPSA) is 79.0 Å². The maximum absolute atomic E-state index is 12.8. The summed E-state index contributed by atoms with van der Waals surface area (Å²) in [6.45, 7) is 2.58. The fourth-order valence-electron chi connectivity index (χ4n) is 3.45. The Morgan fingerprint density at radius 2 is 1.62 bits per heavy atom. The number of hydrogen-bond donors (Lipinski definition) is 1. The van der Waals surface area contributed by atoms with Crippen LogP contribution in [0.2, 0.25) is 0 Å². The first kappa shape index (κ1) is 24.0. The lowest BCUT2D eigenvalue weighted by atomic mass is 10.2. The molecule has 174 valence electrons. The van der Waals surface area contributed by atoms with Crippen LogP contribution in [0, 0.1) is 0 Å². The zero-order valence-corrected chi connectivity index (χ0v) is 18.4. The number of carbonyl (C=O) groups is 1. The number of nitrogens with zero attached hydrogens (tertiary/aromatic N) is 2. The number of benzene rings is 2. The highest BCUT2D eigenvalue weighted by Crippen LogP contribution is 2.30. The van der Waals surface area contributed by atoms with Crippen LogP contribution in [-0.4, -0.2) is 62.9 Å². The molecule has 1 fully saturated rings. The van der Waals surface area contributed by atoms with Crippen LogP contribution < -0.4 is 10.1 Å². The molecule has 1 atom stereocenters. The molecule has 0 spiro atoms. The molecule has 0 saturated carbocycles. The predicted octanol–water partition coefficient (Wildman–Crippen LogP) is 3.05. The summed E-state index contributed by atoms with van der Waals surface area (Å²) in [6.07, 6.45) is -4.53. The minimum Gasteiger partial charge on any atom is -0.495 e. The maximum Gasteiger partial charge on any atom is 0.416 e. The highest BCUT2D eigenvalue weighted by atomic mass is 32.2. The number of sulfonamides is 1. The first-order chi connectivity index (χ1) is 15.0. The van der Waals surface area contributed by atoms with E-state index in [1.165, 1.54) is 11.4 Å². The summed E-state index contributed by atoms with van der Waals surface area (Å²) >= 11 is 0. The molecular formula is C21H24F3N3O4S. The number of anilines is 1. The molecule has 11 heteroatoms. The minimum atomic E-state index is -4.53. The number of amides is 1. The second-order valence-electron chi connectivity index (χ2n) is 7.33. The van der Waals surface area contributed by atoms with Gasteiger partial charge in [-0.25, -0.2) is 8.42 Å². The van der Waals surface area contributed by atoms with Crippen LogP contribution >= 0.6 is 0 Å². The van der Waals surface area contributed by atoms with E-state index >= 15 is 0 Å². The van der Waals surface area contributed by atoms with Crippen LogP contribution in [0.1, 0.15) is 12.5 Å². The second kappa shape index (κ2) is 9.47. The quantitative estimate of drug-likeness (QED) is 0.701. The van der Waals surface area contributed by atoms with Gasteiger partial charge in [-0.05, 0) is 43.3 Å². The van der Waals surface area contributed by atoms with E-state index in [2.05, 4.69) is 5.32 Å². The normalized spacial score (nSPS) is 17.0. The lowest BCUT2D eigenvalue weighted by Crippen LogP contribution is -2.53. The zero-order valence-electron chi connectivity index (χ0n) is 17.6. The molecule has 1 unspecified atom stereocenters. The minimum absolute atomic E-state index is 0.121. The van der Waals surface area contributed by atoms with E-state index in [4.69, 9.17) is 4.74 Å². The molecule has 1 heterocycles. The third-order valence-electron chi connectivity index (χ3n) is 5.38. The largest absolute Gasteiger partial charge is 0.495 e. The van der Waals surface area contributed by atoms with Crippen molar-refractivity contribution >= 4 is 21.6 Å². The van der Waals surface area contributed by atoms with Gasteiger partial charge in [-0.15, -0.1) is 0 Å². The number of halogens is 3. The van der Waals surface area contributed by atoms with Crippen LogP contribution in [0.3, 0.4) is 0 Å². The van der Waals surface area contributed by atoms with Crippen molar-refractivity contribution in [2.75, 3.05) is 38.6 Å². The number of alkyl halides is 3. The number of para-hydroxylation sites is 2. The van der Waals surface area contributed by atoms with Gasteiger partial charge >= 0.3 is 6.18 Å². The fraction of sp³-hybridized carbons (Fsp3) is 0.381. The molecule has 1 amide bonds. The molecule has 1 aliphatic rings. The lowest BCUT2D eigenvalue weighted by Gasteiger charge is -2.36. The summed E-state index contributed by atoms with van der Waals surface area (Å²) < 4.78 is 70.2. The fourth-order valence-corrected chi connectivity index (χ4v) is 4.87. The summed E-state index contributed by atoms with van der Waals surface area (Å²) in [6, 6.07) is 9.93. The molecule has 0 aliphatic carbocycles. The Kier molecular flexibility index (Phi) is 7.11. The average molecular weight is 472 g/mol. The summed E-state index contributed by atoms with van der Waals surface area (Å²) in [5.74, 6) is 0.272. The van der Waals surface area contributed by atoms with Crippen molar-refractivity contribution in [3.8, 4) is 5.75 Å². The van der Waals surface area contributed by atoms with E-state index in [0.29, 0.717) is 24.5 Å². The molecular weight excluding hydrogens is 447 g/mol. The van der Waals surface area contributed by atoms with Gasteiger partial charge in [0, 0.05) is 26.2 Å². The summed E-state index contributed by atoms with van der Waals surface area (Å²) in [4.78, 5) is 14.3. The zero-order chi connectivity index (χ0) is 23.5. The van der Waals surface area contributed by atoms with E-state index in [-0.39, 0.29) is 23.9 Å². The van der Waals surface area contributed by atoms with Crippen LogP contribution in [0.25, 0.3) is 0 Å². The van der Waals surface area contributed by atoms with Gasteiger partial charge in [0.1, 0.15) is 5.75 Å². The van der Waals surface area contributed by atoms with Gasteiger partial charge in [0.25, 0.3) is 0 Å². The number of rotatable bonds is 6. The van der Waals surface area contributed by atoms with Crippen molar-refractivity contribution < 1.29 is 31.1 Å². The van der Waals surface area contributed by atoms with Gasteiger partial charge in [0.15, 0.2) is 0 Å². The second-order valence-corrected chi connectivity index (χ2v) is 9.27. The molecule has 1 aliphatic heterocycles. The van der Waals surface area contributed by atoms with Crippen LogP contribution in [0.5, 0.6) is 5.75 Å². The van der Waals surface area contributed by atoms with Gasteiger partial charge in [-0.2, -0.15) is 17.5 Å². The molecule has 0 aromatic heterocycles. The maximum atomic E-state index is 12.8. The van der Waals surface area contributed by atoms with Crippen molar-refractivity contribution in [2.24, 2.45) is 0 Å². The van der Waals surface area contributed by atoms with E-state index in [1.807, 2.05) is 4.90 Å². The van der Waals surface area contributed by atoms with Gasteiger partial charge in [0.2, 0.25) is 15.9 Å². The third kappa shape index (κ3) is 5.22. The Labute approximate surface area is 184 Å². The highest BCUT2D eigenvalue weighted by molar-refractivity contribution is 7.89. The van der Waals surface area contributed by atoms with Crippen LogP contribution in [0.4, 0.5) is 18.9 Å². The summed E-state index contributed by atoms with van der Waals surface area (Å²) in [5.41, 5.74) is -0.369. The van der Waals surface area contributed by atoms with Gasteiger partial charge in [0.05, 0.1) is 29.3 Å². The monoisotopic (exact) mass is 471 g/mol. The Hall–Kier alpha value is -2.63. The van der Waals surface area contributed by atoms with Crippen molar-refractivity contribution in [1.29, 1.82) is 0 Å². The van der Waals surface area contributed by atoms with E-state index in [0.717, 1.165) is 24.3 Å². The molecule has 2 aromatic rings. The number of ether oxygens (including phenoxy) is 1. The van der Waals surface area contributed by atoms with Crippen molar-refractivity contribution in [1.82, 2.24) is 9.21 Å². The van der Waals surface area contributed by atoms with Crippen LogP contribution in [0.15, 0.2) is 53.4 Å². The van der Waals surface area contributed by atoms with Gasteiger partial charge in [-0.3, -0.25) is 9.69 Å². The number of methoxy groups -OCH3 is 1. The molecule has 0 bridgehead atoms. The molecule has 0 radical (unpaired) electrons. The number of nitrogens with one attached hydrogen (secondary N) is 1. The molecule has 1 N–H and O–H groups in total. The first-order valence-corrected chi connectivity index (χ1v) is 11.3. The smallest absolute Gasteiger partial charge is 0.416 e. The average Bonchev–Trinajstić information content (AvgIpc) is 2.78. The van der Waals surface area contributed by atoms with Gasteiger partial charge < -0.3 is 10.1 Å². The Morgan fingerprint density at radius 3 is 2.19 bits per heavy atom. The SMILES string of the molecule is COc1ccccc1NC(=O)C(C)N1CCN(S(=O)(=O)c2ccc(C(F)(F)F)cc2)CC1. The van der Waals surface area contributed by atoms with Crippen molar-refractivity contribution in [2.45, 2.75) is 24.0 Å². The van der Waals surface area contributed by atoms with Crippen molar-refractivity contribution in [3.63, 3.8) is 0 Å². The summed E-state index contributed by atoms with van der Waals surface area (Å²) in [7, 11) is -2.42. The van der Waals surface area contributed by atoms with Gasteiger partial charge in [-0.1, -0.05) is 12.1 Å². The molecule has 32 heavy (non-hydrogen) atoms. The van der Waals surface area contributed by atoms with E-state index in [9.17, 15) is 26.4 Å². The van der Waals surface area contributed by atoms with Crippen molar-refractivity contribution in [3.05, 3.63) is 54.1 Å². The lowest BCUT2D eigenvalue weighted by molar-refractivity contribution is -0.137. The number of carbonyl (C=O) groups excluding carboxylic acids is 1. The standard InChI is InChI=1S/C21H24F3N3O4S/c1-15(20(28)25-18-5-3-4-6-19(18)31-2)26-11-13-27(14-12-26)32(29,30)17-9-7-16(8-10-17)21(22,23)24/h3-10,15H,11-14H2,1-2H3,(H,25,28). The summed E-state index contributed by atoms with van der Waals surface area (Å²) in [5, 5.41) is 2.81. The van der Waals surface area contributed by atoms with E-state index in [1.54, 1.807) is 31.2 Å². The number of piperazine rings is 1. The van der Waals surface area contributed by atoms with E-state index < -0.39 is 27.8 Å². The molecule has 1 saturated heterocycles. The third-order valence-corrected chi connectivity index (χ3v) is 7.30. The Balaban J connectivity index is 1.62. The Bertz CT molecular complexity index is 1050.